The van der Waals surface area contributed by atoms with Crippen LogP contribution in [0.15, 0.2) is 0 Å². The molecule has 0 unspecified atom stereocenters. The molecular weight excluding hydrogens is 230 g/mol. The van der Waals surface area contributed by atoms with Gasteiger partial charge in [-0.1, -0.05) is 71.6 Å². The maximum atomic E-state index is 2.69. The van der Waals surface area contributed by atoms with Crippen LogP contribution in [0.2, 0.25) is 0 Å². The third-order valence-corrected chi connectivity index (χ3v) is 4.57. The number of nitrogens with zero attached hydrogens (tertiary/aromatic N) is 1. The molecule has 0 radical (unpaired) electrons. The molecule has 0 aromatic heterocycles. The van der Waals surface area contributed by atoms with E-state index in [-0.39, 0.29) is 0 Å². The highest BCUT2D eigenvalue weighted by molar-refractivity contribution is 4.69. The molecule has 0 aromatic rings. The summed E-state index contributed by atoms with van der Waals surface area (Å²) in [7, 11) is 0. The second kappa shape index (κ2) is 11.8. The van der Waals surface area contributed by atoms with Gasteiger partial charge >= 0.3 is 0 Å². The lowest BCUT2D eigenvalue weighted by Gasteiger charge is -2.30. The van der Waals surface area contributed by atoms with Crippen LogP contribution < -0.4 is 0 Å². The highest BCUT2D eigenvalue weighted by Gasteiger charge is 2.14. The molecule has 0 aromatic carbocycles. The van der Waals surface area contributed by atoms with Crippen LogP contribution in [-0.4, -0.2) is 24.5 Å². The van der Waals surface area contributed by atoms with Crippen molar-refractivity contribution in [2.75, 3.05) is 19.6 Å². The Morgan fingerprint density at radius 3 is 2.00 bits per heavy atom. The molecule has 1 nitrogen and oxygen atoms in total. The van der Waals surface area contributed by atoms with E-state index in [0.29, 0.717) is 0 Å². The molecule has 1 atom stereocenters. The predicted molar refractivity (Wildman–Crippen MR) is 86.7 cm³/mol. The van der Waals surface area contributed by atoms with Gasteiger partial charge in [-0.05, 0) is 38.3 Å². The van der Waals surface area contributed by atoms with Gasteiger partial charge in [-0.3, -0.25) is 0 Å². The fourth-order valence-corrected chi connectivity index (χ4v) is 3.31. The Kier molecular flexibility index (Phi) is 10.5. The van der Waals surface area contributed by atoms with Gasteiger partial charge in [-0.2, -0.15) is 0 Å². The van der Waals surface area contributed by atoms with Crippen LogP contribution >= 0.6 is 0 Å². The summed E-state index contributed by atoms with van der Waals surface area (Å²) in [5.74, 6) is 0.942. The van der Waals surface area contributed by atoms with E-state index in [2.05, 4.69) is 18.7 Å². The van der Waals surface area contributed by atoms with E-state index in [0.717, 1.165) is 5.92 Å². The Hall–Kier alpha value is -0.0400. The van der Waals surface area contributed by atoms with Crippen LogP contribution in [-0.2, 0) is 0 Å². The van der Waals surface area contributed by atoms with Crippen LogP contribution in [0.4, 0.5) is 0 Å². The summed E-state index contributed by atoms with van der Waals surface area (Å²) in [5, 5.41) is 0. The van der Waals surface area contributed by atoms with Gasteiger partial charge in [-0.15, -0.1) is 0 Å². The van der Waals surface area contributed by atoms with E-state index in [4.69, 9.17) is 0 Å². The van der Waals surface area contributed by atoms with Crippen LogP contribution in [0.5, 0.6) is 0 Å². The minimum Gasteiger partial charge on any atom is -0.303 e. The number of likely N-dealkylation sites (tertiary alicyclic amines) is 1. The Balaban J connectivity index is 1.78. The third kappa shape index (κ3) is 9.49. The highest BCUT2D eigenvalue weighted by Crippen LogP contribution is 2.16. The molecule has 0 bridgehead atoms. The number of hydrogen-bond donors (Lipinski definition) is 0. The molecule has 0 saturated carbocycles. The monoisotopic (exact) mass is 267 g/mol. The fraction of sp³-hybridized carbons (Fsp3) is 1.00. The molecule has 114 valence electrons. The van der Waals surface area contributed by atoms with E-state index in [9.17, 15) is 0 Å². The lowest BCUT2D eigenvalue weighted by molar-refractivity contribution is 0.180. The van der Waals surface area contributed by atoms with Gasteiger partial charge in [0.25, 0.3) is 0 Å². The van der Waals surface area contributed by atoms with E-state index in [1.807, 2.05) is 0 Å². The van der Waals surface area contributed by atoms with Gasteiger partial charge < -0.3 is 4.90 Å². The molecule has 1 heteroatoms. The first-order valence-corrected chi connectivity index (χ1v) is 9.05. The van der Waals surface area contributed by atoms with Gasteiger partial charge in [-0.25, -0.2) is 0 Å². The molecule has 1 rings (SSSR count). The van der Waals surface area contributed by atoms with E-state index in [1.165, 1.54) is 96.7 Å². The third-order valence-electron chi connectivity index (χ3n) is 4.57. The minimum absolute atomic E-state index is 0.942. The van der Waals surface area contributed by atoms with Crippen molar-refractivity contribution in [2.45, 2.75) is 90.9 Å². The number of rotatable bonds is 11. The van der Waals surface area contributed by atoms with Gasteiger partial charge in [0, 0.05) is 6.54 Å². The number of piperidine rings is 1. The van der Waals surface area contributed by atoms with Gasteiger partial charge in [0.05, 0.1) is 0 Å². The minimum atomic E-state index is 0.942. The summed E-state index contributed by atoms with van der Waals surface area (Å²) < 4.78 is 0. The smallest absolute Gasteiger partial charge is 0.000703 e. The van der Waals surface area contributed by atoms with Gasteiger partial charge in [0.2, 0.25) is 0 Å². The summed E-state index contributed by atoms with van der Waals surface area (Å²) in [4.78, 5) is 2.69. The molecule has 0 aliphatic carbocycles. The van der Waals surface area contributed by atoms with Crippen molar-refractivity contribution in [3.63, 3.8) is 0 Å². The average Bonchev–Trinajstić information content (AvgIpc) is 2.41. The lowest BCUT2D eigenvalue weighted by atomic mass is 10.00. The fourth-order valence-electron chi connectivity index (χ4n) is 3.31. The van der Waals surface area contributed by atoms with Crippen molar-refractivity contribution in [1.29, 1.82) is 0 Å². The Bertz CT molecular complexity index is 190. The zero-order valence-electron chi connectivity index (χ0n) is 13.6. The van der Waals surface area contributed by atoms with Gasteiger partial charge in [0.15, 0.2) is 0 Å². The number of unbranched alkanes of at least 4 members (excludes halogenated alkanes) is 9. The van der Waals surface area contributed by atoms with Crippen LogP contribution in [0.3, 0.4) is 0 Å². The quantitative estimate of drug-likeness (QED) is 0.438. The van der Waals surface area contributed by atoms with Gasteiger partial charge in [0.1, 0.15) is 0 Å². The standard InChI is InChI=1S/C18H37N/c1-3-4-5-6-7-8-9-10-11-12-15-19-16-13-14-18(2)17-19/h18H,3-17H2,1-2H3/t18-/m0/s1. The maximum absolute atomic E-state index is 2.69. The zero-order chi connectivity index (χ0) is 13.8. The molecule has 1 fully saturated rings. The molecule has 0 amide bonds. The van der Waals surface area contributed by atoms with Crippen molar-refractivity contribution >= 4 is 0 Å². The Morgan fingerprint density at radius 2 is 1.42 bits per heavy atom. The Labute approximate surface area is 122 Å². The average molecular weight is 268 g/mol. The maximum Gasteiger partial charge on any atom is 0.000703 e. The van der Waals surface area contributed by atoms with Crippen LogP contribution in [0, 0.1) is 5.92 Å². The van der Waals surface area contributed by atoms with Crippen molar-refractivity contribution in [3.8, 4) is 0 Å². The van der Waals surface area contributed by atoms with Crippen molar-refractivity contribution in [1.82, 2.24) is 4.90 Å². The molecule has 19 heavy (non-hydrogen) atoms. The SMILES string of the molecule is CCCCCCCCCCCCN1CCC[C@H](C)C1. The molecule has 1 aliphatic heterocycles. The molecule has 0 spiro atoms. The largest absolute Gasteiger partial charge is 0.303 e. The zero-order valence-corrected chi connectivity index (χ0v) is 13.6. The Morgan fingerprint density at radius 1 is 0.842 bits per heavy atom. The first-order valence-electron chi connectivity index (χ1n) is 9.05. The number of hydrogen-bond acceptors (Lipinski definition) is 1. The molecule has 0 N–H and O–H groups in total. The van der Waals surface area contributed by atoms with Crippen molar-refractivity contribution in [3.05, 3.63) is 0 Å². The van der Waals surface area contributed by atoms with E-state index in [1.54, 1.807) is 0 Å². The van der Waals surface area contributed by atoms with Crippen LogP contribution in [0.1, 0.15) is 90.9 Å². The molecule has 1 aliphatic rings. The lowest BCUT2D eigenvalue weighted by Crippen LogP contribution is -2.34. The topological polar surface area (TPSA) is 3.24 Å². The second-order valence-corrected chi connectivity index (χ2v) is 6.73. The van der Waals surface area contributed by atoms with E-state index >= 15 is 0 Å². The summed E-state index contributed by atoms with van der Waals surface area (Å²) in [6.45, 7) is 8.79. The highest BCUT2D eigenvalue weighted by atomic mass is 15.1. The molecular formula is C18H37N. The molecule has 1 heterocycles. The molecule has 1 saturated heterocycles. The first kappa shape index (κ1) is 17.0. The van der Waals surface area contributed by atoms with Crippen molar-refractivity contribution in [2.24, 2.45) is 5.92 Å². The van der Waals surface area contributed by atoms with E-state index < -0.39 is 0 Å². The second-order valence-electron chi connectivity index (χ2n) is 6.73. The first-order chi connectivity index (χ1) is 9.33. The summed E-state index contributed by atoms with van der Waals surface area (Å²) in [6.07, 6.45) is 17.4. The summed E-state index contributed by atoms with van der Waals surface area (Å²) >= 11 is 0. The predicted octanol–water partition coefficient (Wildman–Crippen LogP) is 5.64. The summed E-state index contributed by atoms with van der Waals surface area (Å²) in [5.41, 5.74) is 0. The normalized spacial score (nSPS) is 20.8. The van der Waals surface area contributed by atoms with Crippen molar-refractivity contribution < 1.29 is 0 Å². The summed E-state index contributed by atoms with van der Waals surface area (Å²) in [6, 6.07) is 0. The van der Waals surface area contributed by atoms with Crippen LogP contribution in [0.25, 0.3) is 0 Å².